The second kappa shape index (κ2) is 26.1. The summed E-state index contributed by atoms with van der Waals surface area (Å²) in [7, 11) is 2.72. The molecule has 13 heteroatoms. The molecule has 0 spiro atoms. The molecule has 0 aromatic rings. The zero-order valence-electron chi connectivity index (χ0n) is 21.1. The fourth-order valence-corrected chi connectivity index (χ4v) is 3.52. The Morgan fingerprint density at radius 1 is 0.735 bits per heavy atom. The van der Waals surface area contributed by atoms with Crippen molar-refractivity contribution in [2.24, 2.45) is 0 Å². The van der Waals surface area contributed by atoms with E-state index in [0.29, 0.717) is 65.8 Å². The second-order valence-corrected chi connectivity index (χ2v) is 8.61. The number of hydrogen-bond acceptors (Lipinski definition) is 10. The van der Waals surface area contributed by atoms with Crippen molar-refractivity contribution < 1.29 is 42.4 Å². The molecule has 0 aliphatic carbocycles. The van der Waals surface area contributed by atoms with Gasteiger partial charge in [0.25, 0.3) is 0 Å². The number of amides is 2. The molecule has 0 aliphatic rings. The van der Waals surface area contributed by atoms with Gasteiger partial charge in [-0.25, -0.2) is 9.59 Å². The van der Waals surface area contributed by atoms with E-state index in [1.165, 1.54) is 0 Å². The first-order chi connectivity index (χ1) is 16.6. The van der Waals surface area contributed by atoms with E-state index in [-0.39, 0.29) is 13.2 Å². The first-order valence-electron chi connectivity index (χ1n) is 11.9. The highest BCUT2D eigenvalue weighted by Gasteiger charge is 2.09. The SMILES string of the molecule is CCO[SiH2]CCCN(CCOC(=O)NCCOCCOC)CCOC(=O)NCCOCCOC. The first-order valence-corrected chi connectivity index (χ1v) is 13.5. The summed E-state index contributed by atoms with van der Waals surface area (Å²) >= 11 is 0. The van der Waals surface area contributed by atoms with Crippen molar-refractivity contribution in [3.05, 3.63) is 0 Å². The molecule has 0 bridgehead atoms. The minimum Gasteiger partial charge on any atom is -0.448 e. The highest BCUT2D eigenvalue weighted by molar-refractivity contribution is 6.26. The Labute approximate surface area is 206 Å². The van der Waals surface area contributed by atoms with Gasteiger partial charge in [0.2, 0.25) is 0 Å². The Kier molecular flexibility index (Phi) is 25.0. The predicted molar refractivity (Wildman–Crippen MR) is 130 cm³/mol. The molecule has 34 heavy (non-hydrogen) atoms. The van der Waals surface area contributed by atoms with Crippen molar-refractivity contribution in [1.82, 2.24) is 15.5 Å². The van der Waals surface area contributed by atoms with Crippen LogP contribution in [0, 0.1) is 0 Å². The summed E-state index contributed by atoms with van der Waals surface area (Å²) in [5.74, 6) is 0. The summed E-state index contributed by atoms with van der Waals surface area (Å²) in [5, 5.41) is 5.28. The smallest absolute Gasteiger partial charge is 0.407 e. The van der Waals surface area contributed by atoms with Crippen LogP contribution in [-0.2, 0) is 32.8 Å². The van der Waals surface area contributed by atoms with Gasteiger partial charge in [0, 0.05) is 47.0 Å². The van der Waals surface area contributed by atoms with Crippen LogP contribution in [0.3, 0.4) is 0 Å². The van der Waals surface area contributed by atoms with Gasteiger partial charge in [0.15, 0.2) is 9.76 Å². The van der Waals surface area contributed by atoms with Crippen LogP contribution in [0.1, 0.15) is 13.3 Å². The average molecular weight is 512 g/mol. The zero-order chi connectivity index (χ0) is 25.1. The Balaban J connectivity index is 4.05. The zero-order valence-corrected chi connectivity index (χ0v) is 22.6. The topological polar surface area (TPSA) is 126 Å². The van der Waals surface area contributed by atoms with E-state index in [9.17, 15) is 9.59 Å². The molecule has 0 aromatic carbocycles. The summed E-state index contributed by atoms with van der Waals surface area (Å²) in [6.07, 6.45) is 0.0205. The monoisotopic (exact) mass is 511 g/mol. The van der Waals surface area contributed by atoms with Gasteiger partial charge in [-0.3, -0.25) is 4.90 Å². The highest BCUT2D eigenvalue weighted by atomic mass is 28.2. The molecule has 2 amide bonds. The predicted octanol–water partition coefficient (Wildman–Crippen LogP) is -0.00450. The van der Waals surface area contributed by atoms with Crippen molar-refractivity contribution in [2.75, 3.05) is 106 Å². The van der Waals surface area contributed by atoms with Crippen LogP contribution in [0.2, 0.25) is 6.04 Å². The molecule has 0 saturated heterocycles. The lowest BCUT2D eigenvalue weighted by molar-refractivity contribution is 0.0688. The van der Waals surface area contributed by atoms with Gasteiger partial charge >= 0.3 is 12.2 Å². The maximum Gasteiger partial charge on any atom is 0.407 e. The van der Waals surface area contributed by atoms with Gasteiger partial charge in [-0.05, 0) is 25.9 Å². The van der Waals surface area contributed by atoms with Gasteiger partial charge in [-0.1, -0.05) is 0 Å². The van der Waals surface area contributed by atoms with E-state index in [1.807, 2.05) is 6.92 Å². The number of ether oxygens (including phenoxy) is 6. The van der Waals surface area contributed by atoms with Gasteiger partial charge in [-0.2, -0.15) is 0 Å². The average Bonchev–Trinajstić information content (AvgIpc) is 2.83. The number of alkyl carbamates (subject to hydrolysis) is 2. The molecule has 0 unspecified atom stereocenters. The van der Waals surface area contributed by atoms with Crippen LogP contribution in [0.4, 0.5) is 9.59 Å². The number of carbonyl (C=O) groups is 2. The number of rotatable bonds is 24. The Bertz CT molecular complexity index is 445. The van der Waals surface area contributed by atoms with E-state index >= 15 is 0 Å². The molecular weight excluding hydrogens is 466 g/mol. The van der Waals surface area contributed by atoms with E-state index in [1.54, 1.807) is 14.2 Å². The second-order valence-electron chi connectivity index (χ2n) is 7.08. The van der Waals surface area contributed by atoms with Crippen LogP contribution in [-0.4, -0.2) is 133 Å². The molecule has 202 valence electrons. The quantitative estimate of drug-likeness (QED) is 0.135. The first kappa shape index (κ1) is 32.5. The lowest BCUT2D eigenvalue weighted by Crippen LogP contribution is -2.36. The van der Waals surface area contributed by atoms with Crippen molar-refractivity contribution in [3.8, 4) is 0 Å². The summed E-state index contributed by atoms with van der Waals surface area (Å²) < 4.78 is 36.3. The third kappa shape index (κ3) is 23.7. The van der Waals surface area contributed by atoms with E-state index in [0.717, 1.165) is 25.6 Å². The van der Waals surface area contributed by atoms with Gasteiger partial charge in [-0.15, -0.1) is 0 Å². The maximum absolute atomic E-state index is 11.8. The van der Waals surface area contributed by atoms with E-state index in [2.05, 4.69) is 15.5 Å². The molecule has 12 nitrogen and oxygen atoms in total. The molecule has 0 fully saturated rings. The largest absolute Gasteiger partial charge is 0.448 e. The number of nitrogens with one attached hydrogen (secondary N) is 2. The van der Waals surface area contributed by atoms with Crippen molar-refractivity contribution in [3.63, 3.8) is 0 Å². The van der Waals surface area contributed by atoms with Crippen molar-refractivity contribution in [2.45, 2.75) is 19.4 Å². The minimum atomic E-state index is -0.488. The lowest BCUT2D eigenvalue weighted by atomic mass is 10.4. The normalized spacial score (nSPS) is 11.3. The van der Waals surface area contributed by atoms with Gasteiger partial charge in [0.05, 0.1) is 39.6 Å². The fourth-order valence-electron chi connectivity index (χ4n) is 2.60. The number of hydrogen-bond donors (Lipinski definition) is 2. The fraction of sp³-hybridized carbons (Fsp3) is 0.905. The van der Waals surface area contributed by atoms with Crippen molar-refractivity contribution >= 4 is 21.9 Å². The van der Waals surface area contributed by atoms with E-state index < -0.39 is 21.9 Å². The standard InChI is InChI=1S/C21H45N3O9Si/c1-4-33-34-19-5-8-24(9-13-31-20(25)22-6-11-29-17-15-27-2)10-14-32-21(26)23-7-12-30-18-16-28-3/h4-19,34H2,1-3H3,(H,22,25)(H,23,26). The Hall–Kier alpha value is -1.48. The van der Waals surface area contributed by atoms with Crippen LogP contribution in [0.15, 0.2) is 0 Å². The molecule has 0 saturated carbocycles. The summed E-state index contributed by atoms with van der Waals surface area (Å²) in [4.78, 5) is 25.7. The summed E-state index contributed by atoms with van der Waals surface area (Å²) in [6.45, 7) is 8.68. The maximum atomic E-state index is 11.8. The Morgan fingerprint density at radius 3 is 1.74 bits per heavy atom. The number of methoxy groups -OCH3 is 2. The van der Waals surface area contributed by atoms with Crippen LogP contribution in [0.25, 0.3) is 0 Å². The third-order valence-electron chi connectivity index (χ3n) is 4.39. The van der Waals surface area contributed by atoms with Gasteiger partial charge in [0.1, 0.15) is 13.2 Å². The molecule has 2 N–H and O–H groups in total. The number of nitrogens with zero attached hydrogens (tertiary/aromatic N) is 1. The van der Waals surface area contributed by atoms with Crippen molar-refractivity contribution in [1.29, 1.82) is 0 Å². The van der Waals surface area contributed by atoms with E-state index in [4.69, 9.17) is 32.8 Å². The molecule has 0 heterocycles. The summed E-state index contributed by atoms with van der Waals surface area (Å²) in [5.41, 5.74) is 0. The summed E-state index contributed by atoms with van der Waals surface area (Å²) in [6, 6.07) is 1.07. The van der Waals surface area contributed by atoms with Crippen LogP contribution < -0.4 is 10.6 Å². The Morgan fingerprint density at radius 2 is 1.26 bits per heavy atom. The lowest BCUT2D eigenvalue weighted by Gasteiger charge is -2.22. The van der Waals surface area contributed by atoms with Crippen LogP contribution >= 0.6 is 0 Å². The third-order valence-corrected chi connectivity index (χ3v) is 5.88. The minimum absolute atomic E-state index is 0.240. The molecule has 0 aromatic heterocycles. The molecule has 0 aliphatic heterocycles. The number of carbonyl (C=O) groups excluding carboxylic acids is 2. The molecule has 0 atom stereocenters. The van der Waals surface area contributed by atoms with Gasteiger partial charge < -0.3 is 43.5 Å². The van der Waals surface area contributed by atoms with Crippen LogP contribution in [0.5, 0.6) is 0 Å². The highest BCUT2D eigenvalue weighted by Crippen LogP contribution is 1.98. The molecule has 0 rings (SSSR count). The molecule has 0 radical (unpaired) electrons. The molecular formula is C21H45N3O9Si.